The van der Waals surface area contributed by atoms with Gasteiger partial charge < -0.3 is 19.9 Å². The van der Waals surface area contributed by atoms with Crippen LogP contribution in [0.25, 0.3) is 0 Å². The van der Waals surface area contributed by atoms with E-state index in [0.29, 0.717) is 54.3 Å². The van der Waals surface area contributed by atoms with Crippen LogP contribution in [0.1, 0.15) is 123 Å². The number of hydrogen-bond acceptors (Lipinski definition) is 5. The summed E-state index contributed by atoms with van der Waals surface area (Å²) in [5.41, 5.74) is 3.10. The van der Waals surface area contributed by atoms with Crippen molar-refractivity contribution >= 4 is 23.5 Å². The predicted molar refractivity (Wildman–Crippen MR) is 186 cm³/mol. The van der Waals surface area contributed by atoms with E-state index in [4.69, 9.17) is 15.6 Å². The molecule has 44 heavy (non-hydrogen) atoms. The smallest absolute Gasteiger partial charge is 0.259 e. The summed E-state index contributed by atoms with van der Waals surface area (Å²) >= 11 is 0. The van der Waals surface area contributed by atoms with Crippen LogP contribution in [0.15, 0.2) is 48.2 Å². The first-order chi connectivity index (χ1) is 20.7. The van der Waals surface area contributed by atoms with Crippen LogP contribution in [0.5, 0.6) is 5.75 Å². The van der Waals surface area contributed by atoms with Gasteiger partial charge in [0.1, 0.15) is 17.4 Å². The number of amides is 2. The van der Waals surface area contributed by atoms with E-state index < -0.39 is 5.54 Å². The van der Waals surface area contributed by atoms with Crippen molar-refractivity contribution in [3.8, 4) is 5.75 Å². The molecule has 1 aromatic rings. The Labute approximate surface area is 267 Å². The number of methoxy groups -OCH3 is 1. The number of allylic oxidation sites excluding steroid dienone is 3. The van der Waals surface area contributed by atoms with E-state index in [0.717, 1.165) is 24.0 Å². The number of fused-ring (bicyclic) bond motifs is 1. The summed E-state index contributed by atoms with van der Waals surface area (Å²) in [6.07, 6.45) is 10.2. The molecule has 2 rings (SSSR count). The van der Waals surface area contributed by atoms with Gasteiger partial charge in [0.05, 0.1) is 12.7 Å². The van der Waals surface area contributed by atoms with Crippen molar-refractivity contribution in [3.05, 3.63) is 64.9 Å². The summed E-state index contributed by atoms with van der Waals surface area (Å²) in [6, 6.07) is 3.69. The molecule has 0 fully saturated rings. The van der Waals surface area contributed by atoms with Gasteiger partial charge in [-0.1, -0.05) is 73.1 Å². The van der Waals surface area contributed by atoms with Crippen molar-refractivity contribution in [3.63, 3.8) is 0 Å². The largest absolute Gasteiger partial charge is 0.496 e. The maximum absolute atomic E-state index is 13.1. The average molecular weight is 610 g/mol. The molecule has 2 amide bonds. The van der Waals surface area contributed by atoms with E-state index in [9.17, 15) is 9.59 Å². The van der Waals surface area contributed by atoms with Gasteiger partial charge in [-0.15, -0.1) is 0 Å². The summed E-state index contributed by atoms with van der Waals surface area (Å²) in [7, 11) is 1.54. The first kappa shape index (κ1) is 40.3. The third-order valence-corrected chi connectivity index (χ3v) is 6.39. The average Bonchev–Trinajstić information content (AvgIpc) is 2.96. The number of ether oxygens (including phenoxy) is 1. The zero-order valence-electron chi connectivity index (χ0n) is 29.4. The Hall–Kier alpha value is -3.68. The van der Waals surface area contributed by atoms with E-state index in [1.165, 1.54) is 20.0 Å². The van der Waals surface area contributed by atoms with Crippen molar-refractivity contribution in [2.75, 3.05) is 13.7 Å². The van der Waals surface area contributed by atoms with Crippen LogP contribution in [0.3, 0.4) is 0 Å². The fourth-order valence-electron chi connectivity index (χ4n) is 4.37. The quantitative estimate of drug-likeness (QED) is 0.148. The molecule has 3 N–H and O–H groups in total. The summed E-state index contributed by atoms with van der Waals surface area (Å²) in [4.78, 5) is 29.1. The lowest BCUT2D eigenvalue weighted by Crippen LogP contribution is -2.49. The van der Waals surface area contributed by atoms with Crippen molar-refractivity contribution < 1.29 is 14.3 Å². The number of rotatable bonds is 9. The van der Waals surface area contributed by atoms with Crippen LogP contribution < -0.4 is 10.1 Å². The molecular weight excluding hydrogens is 550 g/mol. The highest BCUT2D eigenvalue weighted by Gasteiger charge is 2.27. The third-order valence-electron chi connectivity index (χ3n) is 6.39. The van der Waals surface area contributed by atoms with Crippen LogP contribution in [0.2, 0.25) is 0 Å². The monoisotopic (exact) mass is 609 g/mol. The van der Waals surface area contributed by atoms with Gasteiger partial charge in [0.25, 0.3) is 5.91 Å². The Bertz CT molecular complexity index is 1190. The zero-order valence-corrected chi connectivity index (χ0v) is 29.4. The summed E-state index contributed by atoms with van der Waals surface area (Å²) < 4.78 is 5.50. The van der Waals surface area contributed by atoms with Gasteiger partial charge in [-0.3, -0.25) is 20.4 Å². The molecule has 1 heterocycles. The number of benzene rings is 1. The number of carbonyl (C=O) groups excluding carboxylic acids is 2. The van der Waals surface area contributed by atoms with E-state index in [2.05, 4.69) is 39.6 Å². The summed E-state index contributed by atoms with van der Waals surface area (Å²) in [6.45, 7) is 25.2. The van der Waals surface area contributed by atoms with Gasteiger partial charge in [-0.05, 0) is 75.4 Å². The van der Waals surface area contributed by atoms with Crippen LogP contribution in [0, 0.1) is 10.8 Å². The number of amidine groups is 2. The molecule has 0 spiro atoms. The Balaban J connectivity index is 0.00000284. The van der Waals surface area contributed by atoms with Gasteiger partial charge in [-0.25, -0.2) is 0 Å². The Morgan fingerprint density at radius 2 is 1.66 bits per heavy atom. The van der Waals surface area contributed by atoms with Gasteiger partial charge in [0.15, 0.2) is 0 Å². The van der Waals surface area contributed by atoms with Crippen LogP contribution in [0.4, 0.5) is 0 Å². The van der Waals surface area contributed by atoms with Crippen molar-refractivity contribution in [1.29, 1.82) is 10.8 Å². The Morgan fingerprint density at radius 3 is 2.16 bits per heavy atom. The highest BCUT2D eigenvalue weighted by atomic mass is 16.5. The molecule has 0 aliphatic carbocycles. The summed E-state index contributed by atoms with van der Waals surface area (Å²) in [5, 5.41) is 19.7. The van der Waals surface area contributed by atoms with E-state index in [-0.39, 0.29) is 17.6 Å². The third kappa shape index (κ3) is 12.9. The van der Waals surface area contributed by atoms with E-state index in [1.807, 2.05) is 52.5 Å². The molecule has 0 bridgehead atoms. The molecule has 0 unspecified atom stereocenters. The fourth-order valence-corrected chi connectivity index (χ4v) is 4.37. The Kier molecular flexibility index (Phi) is 18.6. The minimum Gasteiger partial charge on any atom is -0.496 e. The molecule has 0 saturated carbocycles. The maximum Gasteiger partial charge on any atom is 0.259 e. The number of nitrogens with one attached hydrogen (secondary N) is 3. The van der Waals surface area contributed by atoms with Gasteiger partial charge in [0, 0.05) is 37.2 Å². The highest BCUT2D eigenvalue weighted by Crippen LogP contribution is 2.28. The molecule has 0 aromatic heterocycles. The second-order valence-electron chi connectivity index (χ2n) is 11.9. The topological polar surface area (TPSA) is 110 Å². The molecule has 1 aromatic carbocycles. The molecule has 8 heteroatoms. The standard InChI is InChI=1S/C30H43N5O3.2C3H8/c1-9-12-27(36)34-16-15-22-18-25(38-8)24(17-23(22)19-34)29(37)33-21(4)14-11-13-20(3)28(32)35(26(31)10-2)30(5,6)7;2*1-3-2/h11,13-14,17-18,31-32H,4,9-10,12,15-16,19H2,1-3,5-8H3,(H,33,37);2*3H2,1-2H3/b14-11-,20-13+,31-26?,32-28?;;. The minimum absolute atomic E-state index is 0.132. The lowest BCUT2D eigenvalue weighted by atomic mass is 9.96. The second-order valence-corrected chi connectivity index (χ2v) is 11.9. The zero-order chi connectivity index (χ0) is 34.0. The molecule has 246 valence electrons. The second kappa shape index (κ2) is 20.3. The van der Waals surface area contributed by atoms with Crippen LogP contribution in [-0.2, 0) is 17.8 Å². The normalized spacial score (nSPS) is 12.6. The first-order valence-electron chi connectivity index (χ1n) is 16.0. The van der Waals surface area contributed by atoms with Crippen molar-refractivity contribution in [2.24, 2.45) is 0 Å². The number of nitrogens with zero attached hydrogens (tertiary/aromatic N) is 2. The van der Waals surface area contributed by atoms with E-state index >= 15 is 0 Å². The van der Waals surface area contributed by atoms with Gasteiger partial charge >= 0.3 is 0 Å². The van der Waals surface area contributed by atoms with Gasteiger partial charge in [0.2, 0.25) is 5.91 Å². The lowest BCUT2D eigenvalue weighted by Gasteiger charge is -2.37. The minimum atomic E-state index is -0.394. The van der Waals surface area contributed by atoms with Crippen LogP contribution in [-0.4, -0.2) is 52.5 Å². The van der Waals surface area contributed by atoms with Gasteiger partial charge in [-0.2, -0.15) is 0 Å². The molecule has 1 aliphatic rings. The highest BCUT2D eigenvalue weighted by molar-refractivity contribution is 6.07. The predicted octanol–water partition coefficient (Wildman–Crippen LogP) is 8.42. The van der Waals surface area contributed by atoms with Crippen molar-refractivity contribution in [2.45, 2.75) is 120 Å². The maximum atomic E-state index is 13.1. The summed E-state index contributed by atoms with van der Waals surface area (Å²) in [5.74, 6) is 0.907. The van der Waals surface area contributed by atoms with Crippen molar-refractivity contribution in [1.82, 2.24) is 15.1 Å². The number of carbonyl (C=O) groups is 2. The van der Waals surface area contributed by atoms with Crippen LogP contribution >= 0.6 is 0 Å². The molecule has 0 radical (unpaired) electrons. The molecule has 8 nitrogen and oxygen atoms in total. The molecule has 0 saturated heterocycles. The molecule has 0 atom stereocenters. The molecular formula is C36H59N5O3. The fraction of sp³-hybridized carbons (Fsp3) is 0.556. The number of hydrogen-bond donors (Lipinski definition) is 3. The Morgan fingerprint density at radius 1 is 1.07 bits per heavy atom. The van der Waals surface area contributed by atoms with E-state index in [1.54, 1.807) is 29.2 Å². The SMILES string of the molecule is C=C(/C=C\C=C(/C)C(=N)N(C(=N)CC)C(C)(C)C)NC(=O)c1cc2c(cc1OC)CCN(C(=O)CCC)C2.CCC.CCC. The molecule has 1 aliphatic heterocycles. The first-order valence-corrected chi connectivity index (χ1v) is 16.0. The lowest BCUT2D eigenvalue weighted by molar-refractivity contribution is -0.132.